The minimum Gasteiger partial charge on any atom is -0.465 e. The van der Waals surface area contributed by atoms with Gasteiger partial charge in [-0.25, -0.2) is 4.79 Å². The lowest BCUT2D eigenvalue weighted by atomic mass is 10.2. The first-order valence-electron chi connectivity index (χ1n) is 6.10. The highest BCUT2D eigenvalue weighted by atomic mass is 79.9. The summed E-state index contributed by atoms with van der Waals surface area (Å²) in [7, 11) is 1.36. The molecule has 0 saturated heterocycles. The van der Waals surface area contributed by atoms with Crippen molar-refractivity contribution >= 4 is 55.7 Å². The van der Waals surface area contributed by atoms with Gasteiger partial charge in [-0.1, -0.05) is 34.1 Å². The van der Waals surface area contributed by atoms with Crippen molar-refractivity contribution < 1.29 is 9.53 Å². The number of anilines is 2. The number of thioether (sulfide) groups is 1. The van der Waals surface area contributed by atoms with Crippen molar-refractivity contribution in [2.75, 3.05) is 24.4 Å². The first-order valence-corrected chi connectivity index (χ1v) is 8.93. The number of rotatable bonds is 5. The summed E-state index contributed by atoms with van der Waals surface area (Å²) in [6, 6.07) is 7.99. The van der Waals surface area contributed by atoms with Crippen molar-refractivity contribution in [2.24, 2.45) is 0 Å². The molecule has 0 radical (unpaired) electrons. The molecule has 2 rings (SSSR count). The number of carbonyl (C=O) groups excluding carboxylic acids is 1. The second-order valence-electron chi connectivity index (χ2n) is 4.14. The van der Waals surface area contributed by atoms with Gasteiger partial charge < -0.3 is 15.8 Å². The molecule has 1 heterocycles. The number of nitrogens with two attached hydrogens (primary N) is 1. The average Bonchev–Trinajstić information content (AvgIpc) is 2.81. The number of hydrogen-bond acceptors (Lipinski definition) is 6. The maximum absolute atomic E-state index is 11.7. The van der Waals surface area contributed by atoms with Gasteiger partial charge in [0.25, 0.3) is 0 Å². The number of nitrogens with one attached hydrogen (secondary N) is 1. The standard InChI is InChI=1S/C14H15BrN2O2S2/c1-19-14(18)12-10(16)11(20-2)13(21-12)17-7-8-5-3-4-6-9(8)15/h3-6,17H,7,16H2,1-2H3. The molecule has 1 aromatic carbocycles. The third kappa shape index (κ3) is 3.53. The molecule has 0 aliphatic heterocycles. The van der Waals surface area contributed by atoms with Crippen molar-refractivity contribution in [3.8, 4) is 0 Å². The van der Waals surface area contributed by atoms with Crippen LogP contribution in [0.5, 0.6) is 0 Å². The third-order valence-corrected chi connectivity index (χ3v) is 5.75. The molecule has 0 aliphatic rings. The molecule has 0 fully saturated rings. The fourth-order valence-corrected chi connectivity index (χ4v) is 4.18. The molecule has 0 unspecified atom stereocenters. The molecule has 1 aromatic heterocycles. The Hall–Kier alpha value is -1.18. The van der Waals surface area contributed by atoms with Crippen molar-refractivity contribution in [3.05, 3.63) is 39.2 Å². The smallest absolute Gasteiger partial charge is 0.350 e. The van der Waals surface area contributed by atoms with E-state index >= 15 is 0 Å². The Morgan fingerprint density at radius 1 is 1.48 bits per heavy atom. The summed E-state index contributed by atoms with van der Waals surface area (Å²) in [6.07, 6.45) is 1.93. The third-order valence-electron chi connectivity index (χ3n) is 2.87. The topological polar surface area (TPSA) is 64.3 Å². The molecule has 0 bridgehead atoms. The van der Waals surface area contributed by atoms with E-state index in [1.807, 2.05) is 30.5 Å². The van der Waals surface area contributed by atoms with Crippen LogP contribution in [-0.4, -0.2) is 19.3 Å². The Labute approximate surface area is 140 Å². The summed E-state index contributed by atoms with van der Waals surface area (Å²) in [4.78, 5) is 13.0. The average molecular weight is 387 g/mol. The van der Waals surface area contributed by atoms with Crippen LogP contribution in [0.1, 0.15) is 15.2 Å². The molecule has 3 N–H and O–H groups in total. The number of esters is 1. The minimum absolute atomic E-state index is 0.401. The Kier molecular flexibility index (Phi) is 5.55. The molecule has 0 aliphatic carbocycles. The van der Waals surface area contributed by atoms with Gasteiger partial charge in [-0.05, 0) is 17.9 Å². The zero-order valence-corrected chi connectivity index (χ0v) is 14.8. The highest BCUT2D eigenvalue weighted by Gasteiger charge is 2.21. The molecule has 0 amide bonds. The van der Waals surface area contributed by atoms with Gasteiger partial charge in [0.2, 0.25) is 0 Å². The van der Waals surface area contributed by atoms with Gasteiger partial charge in [-0.2, -0.15) is 0 Å². The predicted octanol–water partition coefficient (Wildman–Crippen LogP) is 4.21. The highest BCUT2D eigenvalue weighted by Crippen LogP contribution is 2.42. The summed E-state index contributed by atoms with van der Waals surface area (Å²) in [6.45, 7) is 0.648. The molecular formula is C14H15BrN2O2S2. The number of thiophene rings is 1. The molecule has 0 spiro atoms. The Morgan fingerprint density at radius 3 is 2.81 bits per heavy atom. The molecule has 0 saturated carbocycles. The second kappa shape index (κ2) is 7.20. The lowest BCUT2D eigenvalue weighted by molar-refractivity contribution is 0.0607. The second-order valence-corrected chi connectivity index (χ2v) is 6.84. The van der Waals surface area contributed by atoms with Crippen molar-refractivity contribution in [1.82, 2.24) is 0 Å². The van der Waals surface area contributed by atoms with Crippen LogP contribution >= 0.6 is 39.0 Å². The number of nitrogen functional groups attached to an aromatic ring is 1. The van der Waals surface area contributed by atoms with E-state index in [-0.39, 0.29) is 0 Å². The van der Waals surface area contributed by atoms with Crippen molar-refractivity contribution in [1.29, 1.82) is 0 Å². The first-order chi connectivity index (χ1) is 10.1. The van der Waals surface area contributed by atoms with Crippen LogP contribution in [0.25, 0.3) is 0 Å². The molecule has 2 aromatic rings. The monoisotopic (exact) mass is 386 g/mol. The van der Waals surface area contributed by atoms with Crippen LogP contribution in [0, 0.1) is 0 Å². The Balaban J connectivity index is 2.24. The van der Waals surface area contributed by atoms with Gasteiger partial charge in [0.05, 0.1) is 17.7 Å². The summed E-state index contributed by atoms with van der Waals surface area (Å²) in [5.74, 6) is -0.401. The number of hydrogen-bond donors (Lipinski definition) is 2. The Morgan fingerprint density at radius 2 is 2.19 bits per heavy atom. The molecule has 4 nitrogen and oxygen atoms in total. The first kappa shape index (κ1) is 16.2. The summed E-state index contributed by atoms with van der Waals surface area (Å²) >= 11 is 6.35. The maximum Gasteiger partial charge on any atom is 0.350 e. The van der Waals surface area contributed by atoms with Crippen molar-refractivity contribution in [2.45, 2.75) is 11.4 Å². The number of carbonyl (C=O) groups is 1. The lowest BCUT2D eigenvalue weighted by Gasteiger charge is -2.08. The van der Waals surface area contributed by atoms with Crippen LogP contribution in [0.4, 0.5) is 10.7 Å². The van der Waals surface area contributed by atoms with E-state index in [0.29, 0.717) is 17.1 Å². The Bertz CT molecular complexity index is 658. The summed E-state index contributed by atoms with van der Waals surface area (Å²) < 4.78 is 5.80. The van der Waals surface area contributed by atoms with Crippen molar-refractivity contribution in [3.63, 3.8) is 0 Å². The summed E-state index contributed by atoms with van der Waals surface area (Å²) in [5, 5.41) is 4.23. The van der Waals surface area contributed by atoms with Crippen LogP contribution in [0.15, 0.2) is 33.6 Å². The van der Waals surface area contributed by atoms with E-state index in [9.17, 15) is 4.79 Å². The van der Waals surface area contributed by atoms with Gasteiger partial charge in [0.1, 0.15) is 9.88 Å². The van der Waals surface area contributed by atoms with Gasteiger partial charge in [-0.3, -0.25) is 0 Å². The van der Waals surface area contributed by atoms with Gasteiger partial charge in [0.15, 0.2) is 0 Å². The quantitative estimate of drug-likeness (QED) is 0.594. The van der Waals surface area contributed by atoms with Gasteiger partial charge in [0, 0.05) is 11.0 Å². The molecular weight excluding hydrogens is 372 g/mol. The largest absolute Gasteiger partial charge is 0.465 e. The van der Waals surface area contributed by atoms with Crippen LogP contribution in [-0.2, 0) is 11.3 Å². The molecule has 7 heteroatoms. The van der Waals surface area contributed by atoms with E-state index < -0.39 is 5.97 Å². The van der Waals surface area contributed by atoms with E-state index in [4.69, 9.17) is 10.5 Å². The van der Waals surface area contributed by atoms with Crippen LogP contribution in [0.3, 0.4) is 0 Å². The number of benzene rings is 1. The number of ether oxygens (including phenoxy) is 1. The summed E-state index contributed by atoms with van der Waals surface area (Å²) in [5.41, 5.74) is 7.65. The van der Waals surface area contributed by atoms with E-state index in [0.717, 1.165) is 19.9 Å². The zero-order valence-electron chi connectivity index (χ0n) is 11.6. The normalized spacial score (nSPS) is 10.4. The highest BCUT2D eigenvalue weighted by molar-refractivity contribution is 9.10. The molecule has 21 heavy (non-hydrogen) atoms. The minimum atomic E-state index is -0.401. The lowest BCUT2D eigenvalue weighted by Crippen LogP contribution is -2.01. The van der Waals surface area contributed by atoms with E-state index in [2.05, 4.69) is 21.2 Å². The fraction of sp³-hybridized carbons (Fsp3) is 0.214. The van der Waals surface area contributed by atoms with E-state index in [1.165, 1.54) is 30.2 Å². The number of methoxy groups -OCH3 is 1. The maximum atomic E-state index is 11.7. The zero-order chi connectivity index (χ0) is 15.4. The van der Waals surface area contributed by atoms with Gasteiger partial charge in [-0.15, -0.1) is 23.1 Å². The van der Waals surface area contributed by atoms with Crippen LogP contribution < -0.4 is 11.1 Å². The number of halogens is 1. The SMILES string of the molecule is COC(=O)c1sc(NCc2ccccc2Br)c(SC)c1N. The fourth-order valence-electron chi connectivity index (χ4n) is 1.81. The van der Waals surface area contributed by atoms with Gasteiger partial charge >= 0.3 is 5.97 Å². The van der Waals surface area contributed by atoms with E-state index in [1.54, 1.807) is 0 Å². The predicted molar refractivity (Wildman–Crippen MR) is 93.3 cm³/mol. The van der Waals surface area contributed by atoms with Crippen LogP contribution in [0.2, 0.25) is 0 Å². The molecule has 112 valence electrons. The molecule has 0 atom stereocenters.